The summed E-state index contributed by atoms with van der Waals surface area (Å²) in [5, 5.41) is 18.6. The fourth-order valence-electron chi connectivity index (χ4n) is 4.24. The minimum Gasteiger partial charge on any atom is -0.494 e. The van der Waals surface area contributed by atoms with Gasteiger partial charge in [-0.25, -0.2) is 4.99 Å². The summed E-state index contributed by atoms with van der Waals surface area (Å²) in [6, 6.07) is 8.47. The van der Waals surface area contributed by atoms with Crippen molar-refractivity contribution in [2.75, 3.05) is 19.0 Å². The highest BCUT2D eigenvalue weighted by atomic mass is 19.1. The maximum absolute atomic E-state index is 13.9. The third-order valence-electron chi connectivity index (χ3n) is 5.63. The van der Waals surface area contributed by atoms with Crippen LogP contribution >= 0.6 is 0 Å². The van der Waals surface area contributed by atoms with Gasteiger partial charge in [-0.3, -0.25) is 10.1 Å². The highest BCUT2D eigenvalue weighted by Crippen LogP contribution is 2.34. The van der Waals surface area contributed by atoms with Crippen molar-refractivity contribution in [3.63, 3.8) is 0 Å². The van der Waals surface area contributed by atoms with E-state index in [9.17, 15) is 14.5 Å². The molecule has 0 fully saturated rings. The molecule has 0 radical (unpaired) electrons. The van der Waals surface area contributed by atoms with E-state index < -0.39 is 16.4 Å². The molecule has 5 rings (SSSR count). The summed E-state index contributed by atoms with van der Waals surface area (Å²) in [5.41, 5.74) is 4.21. The average Bonchev–Trinajstić information content (AvgIpc) is 3.15. The summed E-state index contributed by atoms with van der Waals surface area (Å²) in [5.74, 6) is -0.403. The van der Waals surface area contributed by atoms with Crippen molar-refractivity contribution in [3.8, 4) is 5.75 Å². The van der Waals surface area contributed by atoms with Crippen molar-refractivity contribution in [2.24, 2.45) is 4.99 Å². The molecule has 2 aromatic carbocycles. The fourth-order valence-corrected chi connectivity index (χ4v) is 4.24. The number of nitrogens with one attached hydrogen (secondary N) is 2. The van der Waals surface area contributed by atoms with Crippen LogP contribution in [0.5, 0.6) is 5.75 Å². The molecule has 0 saturated carbocycles. The monoisotopic (exact) mass is 421 g/mol. The number of ether oxygens (including phenoxy) is 1. The van der Waals surface area contributed by atoms with Crippen LogP contribution in [-0.2, 0) is 13.0 Å². The lowest BCUT2D eigenvalue weighted by Gasteiger charge is -2.19. The summed E-state index contributed by atoms with van der Waals surface area (Å²) >= 11 is 0. The fraction of sp³-hybridized carbons (Fsp3) is 0.227. The highest BCUT2D eigenvalue weighted by Gasteiger charge is 2.22. The predicted molar refractivity (Wildman–Crippen MR) is 117 cm³/mol. The molecule has 0 bridgehead atoms. The van der Waals surface area contributed by atoms with Gasteiger partial charge in [0.1, 0.15) is 5.75 Å². The molecule has 0 spiro atoms. The largest absolute Gasteiger partial charge is 0.494 e. The Labute approximate surface area is 177 Å². The number of aromatic nitrogens is 1. The number of nitro groups is 1. The lowest BCUT2D eigenvalue weighted by atomic mass is 10.0. The zero-order valence-electron chi connectivity index (χ0n) is 16.8. The Hall–Kier alpha value is -3.88. The Kier molecular flexibility index (Phi) is 4.58. The van der Waals surface area contributed by atoms with Gasteiger partial charge < -0.3 is 19.9 Å². The maximum atomic E-state index is 13.9. The number of hydrogen-bond donors (Lipinski definition) is 2. The van der Waals surface area contributed by atoms with Gasteiger partial charge in [0, 0.05) is 41.5 Å². The number of halogens is 1. The molecule has 9 heteroatoms. The number of aliphatic imine (C=N–C) groups is 1. The zero-order chi connectivity index (χ0) is 21.5. The van der Waals surface area contributed by atoms with Crippen LogP contribution in [0.15, 0.2) is 47.6 Å². The number of hydrogen-bond acceptors (Lipinski definition) is 6. The standard InChI is InChI=1S/C22H20FN5O3/c1-31-20-10-16(23)19(28(29)30)11-18(20)26-22-24-8-7-17(25-22)15-12-27-9-3-5-13-4-2-6-14(15)21(13)27/h2,4,6-7,10-12H,3,5,8-9H2,1H3,(H2,24,25,26). The molecule has 2 aliphatic heterocycles. The minimum atomic E-state index is -0.958. The Balaban J connectivity index is 1.45. The molecule has 3 aromatic rings. The van der Waals surface area contributed by atoms with Gasteiger partial charge in [-0.2, -0.15) is 4.39 Å². The van der Waals surface area contributed by atoms with Crippen LogP contribution in [0.2, 0.25) is 0 Å². The van der Waals surface area contributed by atoms with Crippen molar-refractivity contribution in [3.05, 3.63) is 69.7 Å². The van der Waals surface area contributed by atoms with Crippen LogP contribution in [0.25, 0.3) is 16.6 Å². The van der Waals surface area contributed by atoms with Crippen molar-refractivity contribution < 1.29 is 14.1 Å². The number of nitrogens with zero attached hydrogens (tertiary/aromatic N) is 3. The van der Waals surface area contributed by atoms with E-state index in [1.807, 2.05) is 6.08 Å². The van der Waals surface area contributed by atoms with Gasteiger partial charge in [-0.05, 0) is 24.5 Å². The normalized spacial score (nSPS) is 15.2. The second-order valence-corrected chi connectivity index (χ2v) is 7.47. The third-order valence-corrected chi connectivity index (χ3v) is 5.63. The third kappa shape index (κ3) is 3.27. The molecule has 8 nitrogen and oxygen atoms in total. The van der Waals surface area contributed by atoms with Gasteiger partial charge in [0.2, 0.25) is 11.8 Å². The van der Waals surface area contributed by atoms with Crippen LogP contribution in [0, 0.1) is 15.9 Å². The Bertz CT molecular complexity index is 1280. The summed E-state index contributed by atoms with van der Waals surface area (Å²) in [6.07, 6.45) is 6.34. The second kappa shape index (κ2) is 7.42. The van der Waals surface area contributed by atoms with Crippen molar-refractivity contribution >= 4 is 33.9 Å². The molecular formula is C22H20FN5O3. The topological polar surface area (TPSA) is 93.7 Å². The molecule has 0 atom stereocenters. The number of nitro benzene ring substituents is 1. The van der Waals surface area contributed by atoms with Gasteiger partial charge in [0.15, 0.2) is 0 Å². The van der Waals surface area contributed by atoms with E-state index in [1.165, 1.54) is 23.6 Å². The smallest absolute Gasteiger partial charge is 0.307 e. The van der Waals surface area contributed by atoms with Crippen LogP contribution < -0.4 is 15.4 Å². The first-order valence-electron chi connectivity index (χ1n) is 9.97. The number of guanidine groups is 1. The molecule has 0 aliphatic carbocycles. The second-order valence-electron chi connectivity index (χ2n) is 7.47. The van der Waals surface area contributed by atoms with Gasteiger partial charge in [-0.1, -0.05) is 18.2 Å². The van der Waals surface area contributed by atoms with Crippen LogP contribution in [0.1, 0.15) is 17.5 Å². The van der Waals surface area contributed by atoms with E-state index in [2.05, 4.69) is 44.6 Å². The minimum absolute atomic E-state index is 0.149. The van der Waals surface area contributed by atoms with Gasteiger partial charge >= 0.3 is 5.69 Å². The number of aryl methyl sites for hydroxylation is 2. The summed E-state index contributed by atoms with van der Waals surface area (Å²) in [4.78, 5) is 14.8. The quantitative estimate of drug-likeness (QED) is 0.490. The Morgan fingerprint density at radius 1 is 1.35 bits per heavy atom. The molecule has 31 heavy (non-hydrogen) atoms. The average molecular weight is 421 g/mol. The first kappa shape index (κ1) is 19.1. The molecule has 158 valence electrons. The zero-order valence-corrected chi connectivity index (χ0v) is 16.8. The first-order chi connectivity index (χ1) is 15.0. The molecule has 1 aromatic heterocycles. The number of methoxy groups -OCH3 is 1. The lowest BCUT2D eigenvalue weighted by molar-refractivity contribution is -0.387. The summed E-state index contributed by atoms with van der Waals surface area (Å²) < 4.78 is 21.4. The SMILES string of the molecule is COc1cc(F)c([N+](=O)[O-])cc1NC1=NCC=C(c2cn3c4c(cccc24)CCC3)N1. The number of anilines is 1. The summed E-state index contributed by atoms with van der Waals surface area (Å²) in [6.45, 7) is 1.42. The molecule has 2 aliphatic rings. The maximum Gasteiger partial charge on any atom is 0.307 e. The number of para-hydroxylation sites is 1. The molecule has 0 unspecified atom stereocenters. The Morgan fingerprint density at radius 3 is 3.03 bits per heavy atom. The van der Waals surface area contributed by atoms with E-state index in [0.717, 1.165) is 42.8 Å². The summed E-state index contributed by atoms with van der Waals surface area (Å²) in [7, 11) is 1.38. The predicted octanol–water partition coefficient (Wildman–Crippen LogP) is 4.06. The van der Waals surface area contributed by atoms with Gasteiger partial charge in [0.25, 0.3) is 0 Å². The molecule has 0 saturated heterocycles. The molecule has 2 N–H and O–H groups in total. The molecular weight excluding hydrogens is 401 g/mol. The molecule has 3 heterocycles. The Morgan fingerprint density at radius 2 is 2.23 bits per heavy atom. The van der Waals surface area contributed by atoms with Crippen molar-refractivity contribution in [1.29, 1.82) is 0 Å². The van der Waals surface area contributed by atoms with Crippen LogP contribution in [-0.4, -0.2) is 29.1 Å². The first-order valence-corrected chi connectivity index (χ1v) is 9.97. The number of rotatable bonds is 4. The van der Waals surface area contributed by atoms with Gasteiger partial charge in [-0.15, -0.1) is 0 Å². The van der Waals surface area contributed by atoms with Crippen molar-refractivity contribution in [2.45, 2.75) is 19.4 Å². The highest BCUT2D eigenvalue weighted by molar-refractivity contribution is 6.04. The number of benzene rings is 2. The van der Waals surface area contributed by atoms with E-state index in [4.69, 9.17) is 4.74 Å². The lowest BCUT2D eigenvalue weighted by Crippen LogP contribution is -2.32. The van der Waals surface area contributed by atoms with Crippen molar-refractivity contribution in [1.82, 2.24) is 9.88 Å². The molecule has 0 amide bonds. The van der Waals surface area contributed by atoms with E-state index in [0.29, 0.717) is 12.5 Å². The van der Waals surface area contributed by atoms with Gasteiger partial charge in [0.05, 0.1) is 29.8 Å². The van der Waals surface area contributed by atoms with Crippen LogP contribution in [0.4, 0.5) is 15.8 Å². The van der Waals surface area contributed by atoms with E-state index in [1.54, 1.807) is 0 Å². The van der Waals surface area contributed by atoms with E-state index in [-0.39, 0.29) is 11.4 Å². The van der Waals surface area contributed by atoms with E-state index >= 15 is 0 Å². The van der Waals surface area contributed by atoms with Crippen LogP contribution in [0.3, 0.4) is 0 Å².